The molecular formula is C7H5IOS. The van der Waals surface area contributed by atoms with Gasteiger partial charge in [-0.1, -0.05) is 30.3 Å². The molecule has 0 aliphatic rings. The maximum absolute atomic E-state index is 11.0. The summed E-state index contributed by atoms with van der Waals surface area (Å²) < 4.78 is 0. The van der Waals surface area contributed by atoms with Gasteiger partial charge in [0.1, 0.15) is 0 Å². The van der Waals surface area contributed by atoms with E-state index in [-0.39, 0.29) is 5.12 Å². The summed E-state index contributed by atoms with van der Waals surface area (Å²) in [4.78, 5) is 11.0. The van der Waals surface area contributed by atoms with E-state index >= 15 is 0 Å². The quantitative estimate of drug-likeness (QED) is 0.725. The van der Waals surface area contributed by atoms with Gasteiger partial charge in [0.2, 0.25) is 5.12 Å². The Hall–Kier alpha value is -0.0300. The van der Waals surface area contributed by atoms with Crippen LogP contribution in [0.5, 0.6) is 0 Å². The number of rotatable bonds is 1. The first-order chi connectivity index (χ1) is 4.84. The van der Waals surface area contributed by atoms with Crippen LogP contribution in [0.25, 0.3) is 0 Å². The largest absolute Gasteiger partial charge is 0.281 e. The zero-order chi connectivity index (χ0) is 7.40. The maximum atomic E-state index is 11.0. The molecule has 0 unspecified atom stereocenters. The van der Waals surface area contributed by atoms with Crippen molar-refractivity contribution in [1.29, 1.82) is 0 Å². The first-order valence-corrected chi connectivity index (χ1v) is 6.08. The van der Waals surface area contributed by atoms with Crippen molar-refractivity contribution in [2.24, 2.45) is 0 Å². The summed E-state index contributed by atoms with van der Waals surface area (Å²) in [5.41, 5.74) is 0.766. The average molecular weight is 264 g/mol. The highest BCUT2D eigenvalue weighted by Gasteiger charge is 2.00. The van der Waals surface area contributed by atoms with Gasteiger partial charge in [-0.15, -0.1) is 0 Å². The fourth-order valence-electron chi connectivity index (χ4n) is 0.619. The van der Waals surface area contributed by atoms with E-state index in [0.717, 1.165) is 5.56 Å². The van der Waals surface area contributed by atoms with Crippen LogP contribution in [0.15, 0.2) is 30.3 Å². The Morgan fingerprint density at radius 3 is 2.40 bits per heavy atom. The van der Waals surface area contributed by atoms with Gasteiger partial charge < -0.3 is 0 Å². The Kier molecular flexibility index (Phi) is 3.21. The van der Waals surface area contributed by atoms with Gasteiger partial charge in [-0.2, -0.15) is 0 Å². The normalized spacial score (nSPS) is 9.30. The van der Waals surface area contributed by atoms with Crippen LogP contribution >= 0.6 is 30.1 Å². The molecule has 0 amide bonds. The lowest BCUT2D eigenvalue weighted by Crippen LogP contribution is -1.87. The standard InChI is InChI=1S/C7H5IOS/c8-10-7(9)6-4-2-1-3-5-6/h1-5H. The predicted octanol–water partition coefficient (Wildman–Crippen LogP) is 2.91. The SMILES string of the molecule is O=C(SI)c1ccccc1. The Balaban J connectivity index is 2.85. The van der Waals surface area contributed by atoms with Gasteiger partial charge in [0.15, 0.2) is 0 Å². The Morgan fingerprint density at radius 2 is 1.90 bits per heavy atom. The molecule has 0 N–H and O–H groups in total. The molecule has 0 fully saturated rings. The summed E-state index contributed by atoms with van der Waals surface area (Å²) in [5, 5.41) is 0.112. The van der Waals surface area contributed by atoms with Crippen molar-refractivity contribution in [3.63, 3.8) is 0 Å². The monoisotopic (exact) mass is 264 g/mol. The smallest absolute Gasteiger partial charge is 0.229 e. The lowest BCUT2D eigenvalue weighted by atomic mass is 10.2. The summed E-state index contributed by atoms with van der Waals surface area (Å²) in [6, 6.07) is 9.25. The summed E-state index contributed by atoms with van der Waals surface area (Å²) in [6.45, 7) is 0. The maximum Gasteiger partial charge on any atom is 0.229 e. The third-order valence-corrected chi connectivity index (χ3v) is 2.66. The van der Waals surface area contributed by atoms with Crippen molar-refractivity contribution >= 4 is 35.3 Å². The van der Waals surface area contributed by atoms with Gasteiger partial charge in [-0.25, -0.2) is 0 Å². The van der Waals surface area contributed by atoms with Crippen molar-refractivity contribution in [1.82, 2.24) is 0 Å². The predicted molar refractivity (Wildman–Crippen MR) is 52.4 cm³/mol. The summed E-state index contributed by atoms with van der Waals surface area (Å²) >= 11 is 1.98. The lowest BCUT2D eigenvalue weighted by molar-refractivity contribution is 0.109. The van der Waals surface area contributed by atoms with Crippen LogP contribution in [0, 0.1) is 0 Å². The van der Waals surface area contributed by atoms with Crippen LogP contribution in [0.3, 0.4) is 0 Å². The molecule has 0 aliphatic carbocycles. The molecule has 0 atom stereocenters. The highest BCUT2D eigenvalue weighted by atomic mass is 127. The molecule has 0 bridgehead atoms. The Bertz CT molecular complexity index is 222. The van der Waals surface area contributed by atoms with Crippen molar-refractivity contribution < 1.29 is 4.79 Å². The number of halogens is 1. The van der Waals surface area contributed by atoms with Gasteiger partial charge in [-0.05, 0) is 8.93 Å². The minimum atomic E-state index is 0.112. The van der Waals surface area contributed by atoms with Crippen LogP contribution in [0.2, 0.25) is 0 Å². The zero-order valence-corrected chi connectivity index (χ0v) is 8.06. The fraction of sp³-hybridized carbons (Fsp3) is 0. The fourth-order valence-corrected chi connectivity index (χ4v) is 1.61. The molecule has 1 rings (SSSR count). The summed E-state index contributed by atoms with van der Waals surface area (Å²) in [5.74, 6) is 0. The molecule has 0 spiro atoms. The number of hydrogen-bond donors (Lipinski definition) is 0. The van der Waals surface area contributed by atoms with E-state index in [1.165, 1.54) is 8.93 Å². The summed E-state index contributed by atoms with van der Waals surface area (Å²) in [7, 11) is 1.21. The molecule has 0 saturated heterocycles. The second-order valence-corrected chi connectivity index (χ2v) is 3.58. The molecule has 10 heavy (non-hydrogen) atoms. The third-order valence-electron chi connectivity index (χ3n) is 1.08. The first-order valence-electron chi connectivity index (χ1n) is 2.72. The van der Waals surface area contributed by atoms with E-state index < -0.39 is 0 Å². The molecule has 52 valence electrons. The Labute approximate surface area is 75.8 Å². The van der Waals surface area contributed by atoms with E-state index in [2.05, 4.69) is 0 Å². The van der Waals surface area contributed by atoms with Crippen LogP contribution in [0.1, 0.15) is 10.4 Å². The van der Waals surface area contributed by atoms with Gasteiger partial charge in [-0.3, -0.25) is 4.79 Å². The van der Waals surface area contributed by atoms with Crippen molar-refractivity contribution in [3.8, 4) is 0 Å². The molecule has 0 aliphatic heterocycles. The van der Waals surface area contributed by atoms with Crippen LogP contribution in [-0.4, -0.2) is 5.12 Å². The first kappa shape index (κ1) is 8.07. The second kappa shape index (κ2) is 3.98. The molecule has 3 heteroatoms. The van der Waals surface area contributed by atoms with Gasteiger partial charge in [0.25, 0.3) is 0 Å². The van der Waals surface area contributed by atoms with E-state index in [4.69, 9.17) is 0 Å². The molecular weight excluding hydrogens is 259 g/mol. The van der Waals surface area contributed by atoms with Crippen molar-refractivity contribution in [3.05, 3.63) is 35.9 Å². The molecule has 1 aromatic rings. The number of carbonyl (C=O) groups excluding carboxylic acids is 1. The van der Waals surface area contributed by atoms with Crippen LogP contribution in [-0.2, 0) is 0 Å². The van der Waals surface area contributed by atoms with Gasteiger partial charge in [0, 0.05) is 26.8 Å². The van der Waals surface area contributed by atoms with E-state index in [0.29, 0.717) is 0 Å². The molecule has 0 heterocycles. The lowest BCUT2D eigenvalue weighted by Gasteiger charge is -1.91. The molecule has 0 radical (unpaired) electrons. The van der Waals surface area contributed by atoms with Gasteiger partial charge >= 0.3 is 0 Å². The minimum Gasteiger partial charge on any atom is -0.281 e. The topological polar surface area (TPSA) is 17.1 Å². The molecule has 1 nitrogen and oxygen atoms in total. The minimum absolute atomic E-state index is 0.112. The highest BCUT2D eigenvalue weighted by molar-refractivity contribution is 14.2. The van der Waals surface area contributed by atoms with Crippen molar-refractivity contribution in [2.45, 2.75) is 0 Å². The van der Waals surface area contributed by atoms with Crippen LogP contribution in [0.4, 0.5) is 0 Å². The number of carbonyl (C=O) groups is 1. The van der Waals surface area contributed by atoms with Crippen LogP contribution < -0.4 is 0 Å². The zero-order valence-electron chi connectivity index (χ0n) is 5.08. The third kappa shape index (κ3) is 1.98. The van der Waals surface area contributed by atoms with E-state index in [1.807, 2.05) is 51.5 Å². The Morgan fingerprint density at radius 1 is 1.30 bits per heavy atom. The molecule has 1 aromatic carbocycles. The molecule has 0 saturated carbocycles. The molecule has 0 aromatic heterocycles. The highest BCUT2D eigenvalue weighted by Crippen LogP contribution is 2.18. The number of benzene rings is 1. The van der Waals surface area contributed by atoms with Gasteiger partial charge in [0.05, 0.1) is 0 Å². The average Bonchev–Trinajstić information content (AvgIpc) is 2.05. The van der Waals surface area contributed by atoms with E-state index in [9.17, 15) is 4.79 Å². The summed E-state index contributed by atoms with van der Waals surface area (Å²) in [6.07, 6.45) is 0. The van der Waals surface area contributed by atoms with E-state index in [1.54, 1.807) is 0 Å². The second-order valence-electron chi connectivity index (χ2n) is 1.73. The number of hydrogen-bond acceptors (Lipinski definition) is 2. The van der Waals surface area contributed by atoms with Crippen molar-refractivity contribution in [2.75, 3.05) is 0 Å².